The van der Waals surface area contributed by atoms with Crippen molar-refractivity contribution in [3.63, 3.8) is 0 Å². The molecule has 6 aromatic rings. The van der Waals surface area contributed by atoms with Crippen LogP contribution in [0.1, 0.15) is 96.7 Å². The molecule has 0 radical (unpaired) electrons. The molecule has 0 amide bonds. The van der Waals surface area contributed by atoms with E-state index in [1.165, 1.54) is 67.7 Å². The van der Waals surface area contributed by atoms with Gasteiger partial charge in [-0.3, -0.25) is 0 Å². The number of benzene rings is 4. The Hall–Kier alpha value is -4.82. The zero-order valence-electron chi connectivity index (χ0n) is 30.2. The topological polar surface area (TPSA) is 9.86 Å². The van der Waals surface area contributed by atoms with Crippen LogP contribution < -0.4 is 0 Å². The molecule has 0 spiro atoms. The average molecular weight is 633 g/mol. The fourth-order valence-electron chi connectivity index (χ4n) is 7.04. The van der Waals surface area contributed by atoms with E-state index in [-0.39, 0.29) is 0 Å². The molecule has 0 saturated heterocycles. The van der Waals surface area contributed by atoms with Crippen molar-refractivity contribution < 1.29 is 0 Å². The molecule has 0 bridgehead atoms. The van der Waals surface area contributed by atoms with Crippen LogP contribution in [0.15, 0.2) is 115 Å². The molecule has 0 aliphatic heterocycles. The Balaban J connectivity index is 0.000000528. The summed E-state index contributed by atoms with van der Waals surface area (Å²) in [5.74, 6) is 1.44. The maximum atomic E-state index is 2.45. The van der Waals surface area contributed by atoms with Gasteiger partial charge in [-0.2, -0.15) is 0 Å². The first-order chi connectivity index (χ1) is 23.8. The van der Waals surface area contributed by atoms with E-state index in [9.17, 15) is 0 Å². The fourth-order valence-corrected chi connectivity index (χ4v) is 7.04. The Morgan fingerprint density at radius 2 is 1.00 bits per heavy atom. The van der Waals surface area contributed by atoms with Crippen LogP contribution in [-0.2, 0) is 0 Å². The molecule has 2 aromatic heterocycles. The second kappa shape index (κ2) is 15.8. The van der Waals surface area contributed by atoms with Gasteiger partial charge in [-0.1, -0.05) is 140 Å². The molecule has 3 aliphatic rings. The summed E-state index contributed by atoms with van der Waals surface area (Å²) in [6.45, 7) is 16.0. The minimum atomic E-state index is 0.697. The molecule has 2 nitrogen and oxygen atoms in total. The molecule has 2 unspecified atom stereocenters. The van der Waals surface area contributed by atoms with E-state index in [1.807, 2.05) is 55.4 Å². The van der Waals surface area contributed by atoms with Gasteiger partial charge >= 0.3 is 0 Å². The number of rotatable bonds is 3. The molecule has 1 fully saturated rings. The first-order valence-electron chi connectivity index (χ1n) is 18.3. The van der Waals surface area contributed by atoms with E-state index in [1.54, 1.807) is 5.56 Å². The zero-order valence-corrected chi connectivity index (χ0v) is 30.2. The Bertz CT molecular complexity index is 2040. The summed E-state index contributed by atoms with van der Waals surface area (Å²) in [6, 6.07) is 35.7. The summed E-state index contributed by atoms with van der Waals surface area (Å²) in [4.78, 5) is 0. The van der Waals surface area contributed by atoms with Crippen molar-refractivity contribution in [1.29, 1.82) is 0 Å². The van der Waals surface area contributed by atoms with E-state index in [4.69, 9.17) is 0 Å². The Kier molecular flexibility index (Phi) is 11.4. The van der Waals surface area contributed by atoms with Crippen molar-refractivity contribution >= 4 is 40.0 Å². The largest absolute Gasteiger partial charge is 0.310 e. The van der Waals surface area contributed by atoms with E-state index in [0.29, 0.717) is 5.92 Å². The van der Waals surface area contributed by atoms with Gasteiger partial charge < -0.3 is 9.13 Å². The van der Waals surface area contributed by atoms with Crippen molar-refractivity contribution in [3.05, 3.63) is 138 Å². The molecule has 3 aliphatic carbocycles. The average Bonchev–Trinajstić information content (AvgIpc) is 3.88. The lowest BCUT2D eigenvalue weighted by Crippen LogP contribution is -2.00. The number of hydrogen-bond donors (Lipinski definition) is 0. The third-order valence-corrected chi connectivity index (χ3v) is 9.03. The van der Waals surface area contributed by atoms with Crippen LogP contribution in [0.3, 0.4) is 0 Å². The summed E-state index contributed by atoms with van der Waals surface area (Å²) < 4.78 is 4.84. The van der Waals surface area contributed by atoms with Crippen LogP contribution in [0.4, 0.5) is 0 Å². The third-order valence-electron chi connectivity index (χ3n) is 9.03. The smallest absolute Gasteiger partial charge is 0.0541 e. The molecular weight excluding hydrogens is 581 g/mol. The molecular formula is C46H52N2. The summed E-state index contributed by atoms with van der Waals surface area (Å²) in [5.41, 5.74) is 12.9. The van der Waals surface area contributed by atoms with Gasteiger partial charge in [0.1, 0.15) is 0 Å². The van der Waals surface area contributed by atoms with Gasteiger partial charge in [0.15, 0.2) is 0 Å². The van der Waals surface area contributed by atoms with E-state index >= 15 is 0 Å². The summed E-state index contributed by atoms with van der Waals surface area (Å²) in [5, 5.41) is 2.71. The highest BCUT2D eigenvalue weighted by Gasteiger charge is 2.42. The van der Waals surface area contributed by atoms with Gasteiger partial charge in [-0.25, -0.2) is 0 Å². The quantitative estimate of drug-likeness (QED) is 0.184. The van der Waals surface area contributed by atoms with Crippen molar-refractivity contribution in [1.82, 2.24) is 9.13 Å². The highest BCUT2D eigenvalue weighted by molar-refractivity contribution is 5.96. The van der Waals surface area contributed by atoms with Crippen LogP contribution in [0.25, 0.3) is 62.5 Å². The SMILES string of the molecule is C1=Cc2c(n(-c3ccc(-c4ccc(-n5c6c(c7ccccc75)C5CC5C=C6)cc4)cc3)c3ccccc23)C=CC1.CC.CC.CC.CC. The number of fused-ring (bicyclic) bond motifs is 8. The lowest BCUT2D eigenvalue weighted by molar-refractivity contribution is 0.976. The van der Waals surface area contributed by atoms with E-state index in [2.05, 4.69) is 143 Å². The second-order valence-corrected chi connectivity index (χ2v) is 11.3. The fraction of sp³-hybridized carbons (Fsp3) is 0.261. The van der Waals surface area contributed by atoms with Gasteiger partial charge in [0.25, 0.3) is 0 Å². The lowest BCUT2D eigenvalue weighted by atomic mass is 10.0. The molecule has 1 saturated carbocycles. The minimum absolute atomic E-state index is 0.697. The van der Waals surface area contributed by atoms with Gasteiger partial charge in [0.05, 0.1) is 22.4 Å². The first-order valence-corrected chi connectivity index (χ1v) is 18.3. The van der Waals surface area contributed by atoms with Crippen molar-refractivity contribution in [3.8, 4) is 22.5 Å². The molecule has 4 aromatic carbocycles. The Morgan fingerprint density at radius 1 is 0.500 bits per heavy atom. The van der Waals surface area contributed by atoms with E-state index in [0.717, 1.165) is 12.3 Å². The summed E-state index contributed by atoms with van der Waals surface area (Å²) >= 11 is 0. The maximum Gasteiger partial charge on any atom is 0.0541 e. The molecule has 48 heavy (non-hydrogen) atoms. The predicted octanol–water partition coefficient (Wildman–Crippen LogP) is 13.9. The summed E-state index contributed by atoms with van der Waals surface area (Å²) in [6.07, 6.45) is 16.1. The zero-order chi connectivity index (χ0) is 34.2. The van der Waals surface area contributed by atoms with Crippen LogP contribution >= 0.6 is 0 Å². The summed E-state index contributed by atoms with van der Waals surface area (Å²) in [7, 11) is 0. The normalized spacial score (nSPS) is 15.9. The number of hydrogen-bond acceptors (Lipinski definition) is 0. The first kappa shape index (κ1) is 34.5. The molecule has 0 N–H and O–H groups in total. The minimum Gasteiger partial charge on any atom is -0.310 e. The van der Waals surface area contributed by atoms with Crippen molar-refractivity contribution in [2.24, 2.45) is 5.92 Å². The number of allylic oxidation sites excluding steroid dienone is 3. The monoisotopic (exact) mass is 632 g/mol. The van der Waals surface area contributed by atoms with Crippen LogP contribution in [-0.4, -0.2) is 9.13 Å². The van der Waals surface area contributed by atoms with Crippen LogP contribution in [0.5, 0.6) is 0 Å². The van der Waals surface area contributed by atoms with Crippen LogP contribution in [0.2, 0.25) is 0 Å². The van der Waals surface area contributed by atoms with Crippen LogP contribution in [0, 0.1) is 5.92 Å². The second-order valence-electron chi connectivity index (χ2n) is 11.3. The number of para-hydroxylation sites is 2. The lowest BCUT2D eigenvalue weighted by Gasteiger charge is -2.13. The highest BCUT2D eigenvalue weighted by atomic mass is 15.0. The maximum absolute atomic E-state index is 2.45. The van der Waals surface area contributed by atoms with Gasteiger partial charge in [-0.15, -0.1) is 0 Å². The highest BCUT2D eigenvalue weighted by Crippen LogP contribution is 2.55. The molecule has 246 valence electrons. The van der Waals surface area contributed by atoms with Crippen molar-refractivity contribution in [2.45, 2.75) is 74.1 Å². The van der Waals surface area contributed by atoms with Gasteiger partial charge in [0, 0.05) is 27.7 Å². The molecule has 2 atom stereocenters. The molecule has 2 heteroatoms. The van der Waals surface area contributed by atoms with E-state index < -0.39 is 0 Å². The third kappa shape index (κ3) is 6.13. The number of aromatic nitrogens is 2. The number of nitrogens with zero attached hydrogens (tertiary/aromatic N) is 2. The van der Waals surface area contributed by atoms with Gasteiger partial charge in [0.2, 0.25) is 0 Å². The Morgan fingerprint density at radius 3 is 1.60 bits per heavy atom. The predicted molar refractivity (Wildman–Crippen MR) is 214 cm³/mol. The van der Waals surface area contributed by atoms with Gasteiger partial charge in [-0.05, 0) is 89.9 Å². The standard InChI is InChI=1S/C38H28N2.4C2H6/c1-2-8-30-31-9-4-6-12-35(31)39(34(30)11-3-1)28-19-14-25(15-20-28)26-16-21-29(22-17-26)40-36-13-7-5-10-32(36)38-33-24-27(33)18-23-37(38)40;4*1-2/h2-23,27,33H,1,24H2;4*1-2H3. The molecule has 9 rings (SSSR count). The van der Waals surface area contributed by atoms with Crippen molar-refractivity contribution in [2.75, 3.05) is 0 Å². The molecule has 2 heterocycles. The Labute approximate surface area is 288 Å².